The molecular weight excluding hydrogens is 332 g/mol. The summed E-state index contributed by atoms with van der Waals surface area (Å²) in [5.41, 5.74) is 1.22. The Hall–Kier alpha value is -1.83. The minimum atomic E-state index is -0.0280. The van der Waals surface area contributed by atoms with Gasteiger partial charge < -0.3 is 4.74 Å². The molecule has 0 spiro atoms. The Morgan fingerprint density at radius 1 is 0.815 bits per heavy atom. The van der Waals surface area contributed by atoms with E-state index >= 15 is 0 Å². The molecule has 144 valence electrons. The van der Waals surface area contributed by atoms with Gasteiger partial charge in [-0.1, -0.05) is 50.1 Å². The van der Waals surface area contributed by atoms with E-state index in [1.165, 1.54) is 44.1 Å². The quantitative estimate of drug-likeness (QED) is 0.448. The first-order chi connectivity index (χ1) is 13.1. The molecule has 0 amide bonds. The summed E-state index contributed by atoms with van der Waals surface area (Å²) in [5.74, 6) is 3.41. The summed E-state index contributed by atoms with van der Waals surface area (Å²) in [6.45, 7) is 4.49. The van der Waals surface area contributed by atoms with Crippen LogP contribution in [0.5, 0.6) is 5.75 Å². The maximum Gasteiger partial charge on any atom is 0.314 e. The number of carbonyl (C=O) groups is 1. The van der Waals surface area contributed by atoms with Gasteiger partial charge in [0.1, 0.15) is 5.75 Å². The molecule has 0 unspecified atom stereocenters. The van der Waals surface area contributed by atoms with Crippen LogP contribution in [0.3, 0.4) is 0 Å². The summed E-state index contributed by atoms with van der Waals surface area (Å²) in [6, 6.07) is 12.2. The predicted octanol–water partition coefficient (Wildman–Crippen LogP) is 6.69. The van der Waals surface area contributed by atoms with E-state index in [0.717, 1.165) is 41.4 Å². The highest BCUT2D eigenvalue weighted by molar-refractivity contribution is 5.92. The molecule has 0 heterocycles. The number of esters is 1. The van der Waals surface area contributed by atoms with E-state index in [1.807, 2.05) is 24.3 Å². The van der Waals surface area contributed by atoms with Crippen LogP contribution in [0.15, 0.2) is 36.4 Å². The Kier molecular flexibility index (Phi) is 5.52. The van der Waals surface area contributed by atoms with Crippen molar-refractivity contribution in [3.63, 3.8) is 0 Å². The average Bonchev–Trinajstić information content (AvgIpc) is 2.69. The lowest BCUT2D eigenvalue weighted by atomic mass is 9.69. The maximum atomic E-state index is 12.8. The van der Waals surface area contributed by atoms with E-state index in [-0.39, 0.29) is 11.9 Å². The molecule has 2 aliphatic carbocycles. The molecule has 0 aliphatic heterocycles. The molecule has 2 aliphatic rings. The van der Waals surface area contributed by atoms with Crippen molar-refractivity contribution < 1.29 is 9.53 Å². The van der Waals surface area contributed by atoms with Crippen LogP contribution in [0.1, 0.15) is 63.9 Å². The van der Waals surface area contributed by atoms with Crippen molar-refractivity contribution in [2.75, 3.05) is 0 Å². The van der Waals surface area contributed by atoms with Crippen molar-refractivity contribution in [3.8, 4) is 5.75 Å². The Labute approximate surface area is 163 Å². The van der Waals surface area contributed by atoms with Crippen molar-refractivity contribution in [1.29, 1.82) is 0 Å². The molecule has 0 radical (unpaired) electrons. The van der Waals surface area contributed by atoms with Gasteiger partial charge in [-0.05, 0) is 80.2 Å². The first-order valence-electron chi connectivity index (χ1n) is 10.8. The lowest BCUT2D eigenvalue weighted by Gasteiger charge is -2.36. The standard InChI is InChI=1S/C25H32O2/c1-17-9-11-19(12-10-17)20-13-15-21(16-14-20)25(26)27-24-8-4-6-22-18(2)5-3-7-23(22)24/h3-8,17,19-21H,9-16H2,1-2H3. The number of ether oxygens (including phenoxy) is 1. The van der Waals surface area contributed by atoms with Crippen molar-refractivity contribution in [2.24, 2.45) is 23.7 Å². The average molecular weight is 365 g/mol. The minimum absolute atomic E-state index is 0.0280. The zero-order chi connectivity index (χ0) is 18.8. The van der Waals surface area contributed by atoms with Gasteiger partial charge in [0.25, 0.3) is 0 Å². The molecule has 0 aromatic heterocycles. The Balaban J connectivity index is 1.37. The number of hydrogen-bond acceptors (Lipinski definition) is 2. The highest BCUT2D eigenvalue weighted by Crippen LogP contribution is 2.41. The van der Waals surface area contributed by atoms with Crippen molar-refractivity contribution >= 4 is 16.7 Å². The molecule has 2 fully saturated rings. The summed E-state index contributed by atoms with van der Waals surface area (Å²) < 4.78 is 5.88. The van der Waals surface area contributed by atoms with Crippen LogP contribution >= 0.6 is 0 Å². The fourth-order valence-corrected chi connectivity index (χ4v) is 5.30. The van der Waals surface area contributed by atoms with Crippen molar-refractivity contribution in [1.82, 2.24) is 0 Å². The van der Waals surface area contributed by atoms with Gasteiger partial charge in [0, 0.05) is 5.39 Å². The van der Waals surface area contributed by atoms with Gasteiger partial charge in [-0.3, -0.25) is 4.79 Å². The van der Waals surface area contributed by atoms with Crippen molar-refractivity contribution in [2.45, 2.75) is 65.2 Å². The van der Waals surface area contributed by atoms with Crippen LogP contribution in [0, 0.1) is 30.6 Å². The Morgan fingerprint density at radius 3 is 2.11 bits per heavy atom. The summed E-state index contributed by atoms with van der Waals surface area (Å²) in [6.07, 6.45) is 9.99. The van der Waals surface area contributed by atoms with E-state index in [4.69, 9.17) is 4.74 Å². The van der Waals surface area contributed by atoms with E-state index in [2.05, 4.69) is 26.0 Å². The molecule has 2 aromatic carbocycles. The third-order valence-electron chi connectivity index (χ3n) is 7.14. The Bertz CT molecular complexity index is 793. The van der Waals surface area contributed by atoms with Gasteiger partial charge in [-0.25, -0.2) is 0 Å². The third kappa shape index (κ3) is 4.05. The molecule has 0 atom stereocenters. The molecular formula is C25H32O2. The lowest BCUT2D eigenvalue weighted by Crippen LogP contribution is -2.29. The van der Waals surface area contributed by atoms with Crippen LogP contribution in [0.25, 0.3) is 10.8 Å². The van der Waals surface area contributed by atoms with Gasteiger partial charge in [0.15, 0.2) is 0 Å². The number of hydrogen-bond donors (Lipinski definition) is 0. The second kappa shape index (κ2) is 8.04. The fraction of sp³-hybridized carbons (Fsp3) is 0.560. The molecule has 2 aromatic rings. The first-order valence-corrected chi connectivity index (χ1v) is 10.8. The highest BCUT2D eigenvalue weighted by atomic mass is 16.5. The third-order valence-corrected chi connectivity index (χ3v) is 7.14. The monoisotopic (exact) mass is 364 g/mol. The molecule has 0 N–H and O–H groups in total. The van der Waals surface area contributed by atoms with Crippen LogP contribution in [-0.2, 0) is 4.79 Å². The zero-order valence-electron chi connectivity index (χ0n) is 16.7. The smallest absolute Gasteiger partial charge is 0.314 e. The van der Waals surface area contributed by atoms with E-state index in [0.29, 0.717) is 5.75 Å². The minimum Gasteiger partial charge on any atom is -0.426 e. The largest absolute Gasteiger partial charge is 0.426 e. The molecule has 2 nitrogen and oxygen atoms in total. The van der Waals surface area contributed by atoms with Crippen LogP contribution in [-0.4, -0.2) is 5.97 Å². The molecule has 2 saturated carbocycles. The number of aryl methyl sites for hydroxylation is 1. The first kappa shape index (κ1) is 18.5. The van der Waals surface area contributed by atoms with Crippen LogP contribution < -0.4 is 4.74 Å². The zero-order valence-corrected chi connectivity index (χ0v) is 16.7. The molecule has 0 bridgehead atoms. The van der Waals surface area contributed by atoms with E-state index < -0.39 is 0 Å². The summed E-state index contributed by atoms with van der Waals surface area (Å²) in [4.78, 5) is 12.8. The summed E-state index contributed by atoms with van der Waals surface area (Å²) in [5, 5.41) is 2.20. The second-order valence-corrected chi connectivity index (χ2v) is 8.98. The molecule has 4 rings (SSSR count). The molecule has 27 heavy (non-hydrogen) atoms. The van der Waals surface area contributed by atoms with Crippen LogP contribution in [0.4, 0.5) is 0 Å². The SMILES string of the molecule is Cc1cccc2c(OC(=O)C3CCC(C4CCC(C)CC4)CC3)cccc12. The van der Waals surface area contributed by atoms with Gasteiger partial charge in [-0.15, -0.1) is 0 Å². The summed E-state index contributed by atoms with van der Waals surface area (Å²) in [7, 11) is 0. The van der Waals surface area contributed by atoms with Gasteiger partial charge in [0.05, 0.1) is 5.92 Å². The van der Waals surface area contributed by atoms with E-state index in [1.54, 1.807) is 0 Å². The predicted molar refractivity (Wildman–Crippen MR) is 111 cm³/mol. The van der Waals surface area contributed by atoms with Gasteiger partial charge in [0.2, 0.25) is 0 Å². The summed E-state index contributed by atoms with van der Waals surface area (Å²) >= 11 is 0. The van der Waals surface area contributed by atoms with Gasteiger partial charge >= 0.3 is 5.97 Å². The Morgan fingerprint density at radius 2 is 1.41 bits per heavy atom. The maximum absolute atomic E-state index is 12.8. The molecule has 0 saturated heterocycles. The fourth-order valence-electron chi connectivity index (χ4n) is 5.30. The topological polar surface area (TPSA) is 26.3 Å². The number of carbonyl (C=O) groups excluding carboxylic acids is 1. The van der Waals surface area contributed by atoms with E-state index in [9.17, 15) is 4.79 Å². The number of fused-ring (bicyclic) bond motifs is 1. The van der Waals surface area contributed by atoms with Crippen molar-refractivity contribution in [3.05, 3.63) is 42.0 Å². The molecule has 2 heteroatoms. The lowest BCUT2D eigenvalue weighted by molar-refractivity contribution is -0.140. The number of benzene rings is 2. The highest BCUT2D eigenvalue weighted by Gasteiger charge is 2.33. The normalized spacial score (nSPS) is 28.8. The second-order valence-electron chi connectivity index (χ2n) is 8.98. The van der Waals surface area contributed by atoms with Crippen LogP contribution in [0.2, 0.25) is 0 Å². The van der Waals surface area contributed by atoms with Gasteiger partial charge in [-0.2, -0.15) is 0 Å². The number of rotatable bonds is 3.